The van der Waals surface area contributed by atoms with E-state index in [2.05, 4.69) is 18.2 Å². The van der Waals surface area contributed by atoms with Crippen LogP contribution in [0.1, 0.15) is 56.4 Å². The lowest BCUT2D eigenvalue weighted by Gasteiger charge is -2.35. The van der Waals surface area contributed by atoms with Crippen LogP contribution in [-0.4, -0.2) is 25.4 Å². The summed E-state index contributed by atoms with van der Waals surface area (Å²) in [7, 11) is 0. The zero-order valence-electron chi connectivity index (χ0n) is 12.9. The fraction of sp³-hybridized carbons (Fsp3) is 0.667. The fourth-order valence-corrected chi connectivity index (χ4v) is 3.65. The van der Waals surface area contributed by atoms with Gasteiger partial charge in [-0.1, -0.05) is 43.9 Å². The van der Waals surface area contributed by atoms with E-state index in [0.717, 1.165) is 38.2 Å². The Hall–Kier alpha value is -1.06. The molecule has 1 saturated carbocycles. The first-order chi connectivity index (χ1) is 10.3. The van der Waals surface area contributed by atoms with Gasteiger partial charge in [0.15, 0.2) is 0 Å². The summed E-state index contributed by atoms with van der Waals surface area (Å²) >= 11 is 0. The minimum Gasteiger partial charge on any atom is -0.493 e. The van der Waals surface area contributed by atoms with Gasteiger partial charge < -0.3 is 15.2 Å². The van der Waals surface area contributed by atoms with E-state index >= 15 is 0 Å². The number of rotatable bonds is 4. The van der Waals surface area contributed by atoms with Crippen molar-refractivity contribution in [2.45, 2.75) is 56.5 Å². The molecule has 2 aliphatic rings. The molecule has 0 bridgehead atoms. The summed E-state index contributed by atoms with van der Waals surface area (Å²) in [4.78, 5) is 0. The summed E-state index contributed by atoms with van der Waals surface area (Å²) < 4.78 is 12.2. The van der Waals surface area contributed by atoms with Crippen LogP contribution in [0.5, 0.6) is 5.75 Å². The topological polar surface area (TPSA) is 44.5 Å². The quantitative estimate of drug-likeness (QED) is 0.861. The summed E-state index contributed by atoms with van der Waals surface area (Å²) in [5.74, 6) is 1.47. The van der Waals surface area contributed by atoms with Crippen LogP contribution in [0.3, 0.4) is 0 Å². The second kappa shape index (κ2) is 6.80. The predicted octanol–water partition coefficient (Wildman–Crippen LogP) is 3.62. The smallest absolute Gasteiger partial charge is 0.122 e. The Morgan fingerprint density at radius 1 is 1.14 bits per heavy atom. The van der Waals surface area contributed by atoms with E-state index < -0.39 is 0 Å². The third-order valence-corrected chi connectivity index (χ3v) is 5.06. The Morgan fingerprint density at radius 3 is 2.67 bits per heavy atom. The van der Waals surface area contributed by atoms with Crippen LogP contribution in [0.4, 0.5) is 0 Å². The van der Waals surface area contributed by atoms with Crippen LogP contribution in [0, 0.1) is 0 Å². The Kier molecular flexibility index (Phi) is 4.81. The molecule has 21 heavy (non-hydrogen) atoms. The van der Waals surface area contributed by atoms with Crippen molar-refractivity contribution < 1.29 is 9.47 Å². The van der Waals surface area contributed by atoms with Crippen molar-refractivity contribution in [1.82, 2.24) is 0 Å². The number of benzene rings is 1. The number of hydrogen-bond acceptors (Lipinski definition) is 3. The third-order valence-electron chi connectivity index (χ3n) is 5.06. The van der Waals surface area contributed by atoms with E-state index in [9.17, 15) is 0 Å². The van der Waals surface area contributed by atoms with E-state index in [4.69, 9.17) is 15.2 Å². The Morgan fingerprint density at radius 2 is 1.90 bits per heavy atom. The van der Waals surface area contributed by atoms with Crippen LogP contribution in [0.25, 0.3) is 0 Å². The zero-order chi connectivity index (χ0) is 14.5. The van der Waals surface area contributed by atoms with Crippen molar-refractivity contribution in [2.75, 3.05) is 19.8 Å². The Labute approximate surface area is 127 Å². The van der Waals surface area contributed by atoms with Crippen LogP contribution < -0.4 is 10.5 Å². The average molecular weight is 289 g/mol. The molecule has 1 aromatic carbocycles. The van der Waals surface area contributed by atoms with Crippen molar-refractivity contribution in [3.8, 4) is 5.75 Å². The molecule has 116 valence electrons. The van der Waals surface area contributed by atoms with E-state index in [-0.39, 0.29) is 5.60 Å². The van der Waals surface area contributed by atoms with Gasteiger partial charge in [0.05, 0.1) is 18.8 Å². The van der Waals surface area contributed by atoms with Gasteiger partial charge in [-0.3, -0.25) is 0 Å². The molecular formula is C18H27NO2. The van der Waals surface area contributed by atoms with Crippen molar-refractivity contribution >= 4 is 0 Å². The van der Waals surface area contributed by atoms with Gasteiger partial charge in [-0.15, -0.1) is 0 Å². The average Bonchev–Trinajstić information content (AvgIpc) is 2.79. The molecule has 1 unspecified atom stereocenters. The molecule has 0 aromatic heterocycles. The van der Waals surface area contributed by atoms with Gasteiger partial charge in [0.25, 0.3) is 0 Å². The molecule has 0 spiro atoms. The van der Waals surface area contributed by atoms with E-state index in [0.29, 0.717) is 12.5 Å². The second-order valence-corrected chi connectivity index (χ2v) is 6.48. The van der Waals surface area contributed by atoms with Gasteiger partial charge in [0.1, 0.15) is 5.75 Å². The molecule has 1 aliphatic carbocycles. The van der Waals surface area contributed by atoms with Gasteiger partial charge in [-0.25, -0.2) is 0 Å². The van der Waals surface area contributed by atoms with Crippen LogP contribution in [0.2, 0.25) is 0 Å². The summed E-state index contributed by atoms with van der Waals surface area (Å²) in [6, 6.07) is 8.36. The largest absolute Gasteiger partial charge is 0.493 e. The summed E-state index contributed by atoms with van der Waals surface area (Å²) in [6.45, 7) is 2.22. The van der Waals surface area contributed by atoms with Crippen molar-refractivity contribution in [3.05, 3.63) is 29.8 Å². The first-order valence-electron chi connectivity index (χ1n) is 8.39. The van der Waals surface area contributed by atoms with Crippen LogP contribution >= 0.6 is 0 Å². The van der Waals surface area contributed by atoms with Crippen molar-refractivity contribution in [2.24, 2.45) is 5.73 Å². The lowest BCUT2D eigenvalue weighted by atomic mass is 9.91. The van der Waals surface area contributed by atoms with E-state index in [1.807, 2.05) is 6.07 Å². The maximum atomic E-state index is 6.42. The van der Waals surface area contributed by atoms with Gasteiger partial charge in [-0.05, 0) is 30.9 Å². The maximum absolute atomic E-state index is 6.42. The highest BCUT2D eigenvalue weighted by Gasteiger charge is 2.32. The molecule has 1 aromatic rings. The zero-order valence-corrected chi connectivity index (χ0v) is 12.9. The maximum Gasteiger partial charge on any atom is 0.122 e. The fourth-order valence-electron chi connectivity index (χ4n) is 3.65. The van der Waals surface area contributed by atoms with Crippen molar-refractivity contribution in [3.63, 3.8) is 0 Å². The lowest BCUT2D eigenvalue weighted by molar-refractivity contribution is -0.0583. The predicted molar refractivity (Wildman–Crippen MR) is 84.7 cm³/mol. The highest BCUT2D eigenvalue weighted by molar-refractivity contribution is 5.37. The highest BCUT2D eigenvalue weighted by atomic mass is 16.5. The van der Waals surface area contributed by atoms with E-state index in [1.54, 1.807) is 0 Å². The van der Waals surface area contributed by atoms with Gasteiger partial charge >= 0.3 is 0 Å². The molecule has 3 rings (SSSR count). The normalized spacial score (nSPS) is 24.7. The number of fused-ring (bicyclic) bond motifs is 1. The third kappa shape index (κ3) is 3.41. The lowest BCUT2D eigenvalue weighted by Crippen LogP contribution is -2.41. The summed E-state index contributed by atoms with van der Waals surface area (Å²) in [6.07, 6.45) is 8.43. The Bertz CT molecular complexity index is 452. The summed E-state index contributed by atoms with van der Waals surface area (Å²) in [5, 5.41) is 0. The van der Waals surface area contributed by atoms with Gasteiger partial charge in [0, 0.05) is 12.5 Å². The first-order valence-corrected chi connectivity index (χ1v) is 8.39. The molecule has 3 nitrogen and oxygen atoms in total. The molecule has 1 aliphatic heterocycles. The molecule has 2 N–H and O–H groups in total. The van der Waals surface area contributed by atoms with Gasteiger partial charge in [-0.2, -0.15) is 0 Å². The number of para-hydroxylation sites is 1. The monoisotopic (exact) mass is 289 g/mol. The molecule has 0 amide bonds. The molecule has 0 radical (unpaired) electrons. The molecule has 1 fully saturated rings. The number of nitrogens with two attached hydrogens (primary N) is 1. The van der Waals surface area contributed by atoms with Crippen LogP contribution in [0.15, 0.2) is 24.3 Å². The number of hydrogen-bond donors (Lipinski definition) is 1. The van der Waals surface area contributed by atoms with Gasteiger partial charge in [0.2, 0.25) is 0 Å². The van der Waals surface area contributed by atoms with E-state index in [1.165, 1.54) is 31.2 Å². The SMILES string of the molecule is NCC1(OCC2CCOc3ccccc32)CCCCCC1. The molecule has 1 heterocycles. The minimum atomic E-state index is -0.0796. The first kappa shape index (κ1) is 14.9. The molecule has 0 saturated heterocycles. The highest BCUT2D eigenvalue weighted by Crippen LogP contribution is 2.36. The minimum absolute atomic E-state index is 0.0796. The second-order valence-electron chi connectivity index (χ2n) is 6.48. The standard InChI is InChI=1S/C18H27NO2/c19-14-18(10-5-1-2-6-11-18)21-13-15-9-12-20-17-8-4-3-7-16(15)17/h3-4,7-8,15H,1-2,5-6,9-14,19H2. The molecular weight excluding hydrogens is 262 g/mol. The Balaban J connectivity index is 1.67. The number of ether oxygens (including phenoxy) is 2. The summed E-state index contributed by atoms with van der Waals surface area (Å²) in [5.41, 5.74) is 7.28. The molecule has 3 heteroatoms. The molecule has 1 atom stereocenters. The van der Waals surface area contributed by atoms with Crippen molar-refractivity contribution in [1.29, 1.82) is 0 Å². The van der Waals surface area contributed by atoms with Crippen LogP contribution in [-0.2, 0) is 4.74 Å².